The van der Waals surface area contributed by atoms with Crippen molar-refractivity contribution in [2.75, 3.05) is 26.4 Å². The van der Waals surface area contributed by atoms with Gasteiger partial charge in [0.15, 0.2) is 0 Å². The minimum atomic E-state index is -3.31. The van der Waals surface area contributed by atoms with Gasteiger partial charge in [0.2, 0.25) is 5.91 Å². The van der Waals surface area contributed by atoms with Crippen molar-refractivity contribution in [1.82, 2.24) is 10.6 Å². The van der Waals surface area contributed by atoms with Gasteiger partial charge in [-0.25, -0.2) is 13.6 Å². The number of carbonyl (C=O) groups excluding carboxylic acids is 2. The Kier molecular flexibility index (Phi) is 5.92. The molecule has 0 spiro atoms. The van der Waals surface area contributed by atoms with Crippen molar-refractivity contribution in [3.05, 3.63) is 59.7 Å². The number of hydrogen-bond donors (Lipinski definition) is 3. The van der Waals surface area contributed by atoms with Gasteiger partial charge in [0.1, 0.15) is 18.4 Å². The number of hydrogen-bond acceptors (Lipinski definition) is 5. The Morgan fingerprint density at radius 2 is 1.66 bits per heavy atom. The van der Waals surface area contributed by atoms with Crippen molar-refractivity contribution < 1.29 is 37.7 Å². The van der Waals surface area contributed by atoms with Crippen LogP contribution in [0.3, 0.4) is 0 Å². The standard InChI is InChI=1S/C25H24F2N2O6/c26-25(27)19(21(25)22(30)29-20-12-34-10-18(20)23(31)32)9-28-24(33)35-11-17-15-7-3-1-5-13(15)14-6-2-4-8-16(14)17/h1-8,17-21H,9-12H2,(H,28,33)(H,29,30)(H,31,32)/t18?,19-,20?,21-/m0/s1. The molecular formula is C25H24F2N2O6. The molecule has 8 nitrogen and oxygen atoms in total. The molecular weight excluding hydrogens is 462 g/mol. The number of nitrogens with one attached hydrogen (secondary N) is 2. The van der Waals surface area contributed by atoms with Crippen molar-refractivity contribution in [3.63, 3.8) is 0 Å². The maximum atomic E-state index is 14.3. The lowest BCUT2D eigenvalue weighted by molar-refractivity contribution is -0.142. The van der Waals surface area contributed by atoms with Crippen LogP contribution in [0.2, 0.25) is 0 Å². The third-order valence-electron chi connectivity index (χ3n) is 7.02. The second kappa shape index (κ2) is 8.92. The lowest BCUT2D eigenvalue weighted by Gasteiger charge is -2.15. The lowest BCUT2D eigenvalue weighted by atomic mass is 9.98. The zero-order valence-electron chi connectivity index (χ0n) is 18.6. The largest absolute Gasteiger partial charge is 0.481 e. The monoisotopic (exact) mass is 486 g/mol. The second-order valence-corrected chi connectivity index (χ2v) is 9.06. The van der Waals surface area contributed by atoms with E-state index in [0.29, 0.717) is 0 Å². The van der Waals surface area contributed by atoms with Gasteiger partial charge >= 0.3 is 12.1 Å². The Bertz CT molecular complexity index is 1130. The van der Waals surface area contributed by atoms with E-state index in [1.54, 1.807) is 0 Å². The van der Waals surface area contributed by atoms with E-state index in [-0.39, 0.29) is 25.7 Å². The number of aliphatic carboxylic acids is 1. The Morgan fingerprint density at radius 1 is 1.03 bits per heavy atom. The molecule has 1 saturated carbocycles. The third-order valence-corrected chi connectivity index (χ3v) is 7.02. The molecule has 0 aromatic heterocycles. The SMILES string of the molecule is O=C(NC[C@H]1[C@@H](C(=O)NC2COCC2C(=O)O)C1(F)F)OCC1c2ccccc2-c2ccccc21. The molecule has 4 atom stereocenters. The van der Waals surface area contributed by atoms with E-state index in [2.05, 4.69) is 10.6 Å². The predicted octanol–water partition coefficient (Wildman–Crippen LogP) is 2.62. The fraction of sp³-hybridized carbons (Fsp3) is 0.400. The molecule has 2 amide bonds. The topological polar surface area (TPSA) is 114 Å². The number of amides is 2. The summed E-state index contributed by atoms with van der Waals surface area (Å²) in [4.78, 5) is 35.8. The van der Waals surface area contributed by atoms with Gasteiger partial charge in [0.05, 0.1) is 25.2 Å². The molecule has 10 heteroatoms. The normalized spacial score (nSPS) is 25.9. The average molecular weight is 486 g/mol. The first-order chi connectivity index (χ1) is 16.8. The summed E-state index contributed by atoms with van der Waals surface area (Å²) >= 11 is 0. The minimum absolute atomic E-state index is 0.0447. The van der Waals surface area contributed by atoms with Crippen LogP contribution in [0.4, 0.5) is 13.6 Å². The second-order valence-electron chi connectivity index (χ2n) is 9.06. The van der Waals surface area contributed by atoms with Crippen LogP contribution in [0.15, 0.2) is 48.5 Å². The maximum absolute atomic E-state index is 14.3. The molecule has 2 aliphatic carbocycles. The molecule has 2 unspecified atom stereocenters. The first kappa shape index (κ1) is 23.2. The van der Waals surface area contributed by atoms with E-state index in [1.165, 1.54) is 0 Å². The van der Waals surface area contributed by atoms with Gasteiger partial charge < -0.3 is 25.2 Å². The van der Waals surface area contributed by atoms with E-state index in [9.17, 15) is 23.2 Å². The number of rotatable bonds is 7. The fourth-order valence-corrected chi connectivity index (χ4v) is 5.06. The molecule has 3 N–H and O–H groups in total. The Hall–Kier alpha value is -3.53. The minimum Gasteiger partial charge on any atom is -0.481 e. The molecule has 0 bridgehead atoms. The molecule has 35 heavy (non-hydrogen) atoms. The molecule has 0 radical (unpaired) electrons. The van der Waals surface area contributed by atoms with Crippen LogP contribution in [0.5, 0.6) is 0 Å². The Balaban J connectivity index is 1.14. The first-order valence-corrected chi connectivity index (χ1v) is 11.4. The zero-order chi connectivity index (χ0) is 24.7. The summed E-state index contributed by atoms with van der Waals surface area (Å²) in [6, 6.07) is 14.8. The highest BCUT2D eigenvalue weighted by molar-refractivity contribution is 5.85. The molecule has 184 valence electrons. The number of carbonyl (C=O) groups is 3. The van der Waals surface area contributed by atoms with Crippen LogP contribution >= 0.6 is 0 Å². The van der Waals surface area contributed by atoms with Crippen molar-refractivity contribution in [3.8, 4) is 11.1 Å². The quantitative estimate of drug-likeness (QED) is 0.555. The number of carboxylic acid groups (broad SMARTS) is 1. The highest BCUT2D eigenvalue weighted by Gasteiger charge is 2.71. The van der Waals surface area contributed by atoms with Crippen molar-refractivity contribution in [2.45, 2.75) is 17.9 Å². The molecule has 5 rings (SSSR count). The number of alkyl halides is 2. The molecule has 2 aromatic rings. The van der Waals surface area contributed by atoms with Gasteiger partial charge in [-0.2, -0.15) is 0 Å². The van der Waals surface area contributed by atoms with Crippen LogP contribution in [-0.2, 0) is 19.1 Å². The van der Waals surface area contributed by atoms with Gasteiger partial charge in [-0.05, 0) is 22.3 Å². The number of carboxylic acids is 1. The highest BCUT2D eigenvalue weighted by Crippen LogP contribution is 2.55. The summed E-state index contributed by atoms with van der Waals surface area (Å²) in [6.45, 7) is -0.536. The number of benzene rings is 2. The number of halogens is 2. The highest BCUT2D eigenvalue weighted by atomic mass is 19.3. The van der Waals surface area contributed by atoms with Gasteiger partial charge in [-0.3, -0.25) is 9.59 Å². The number of ether oxygens (including phenoxy) is 2. The molecule has 1 saturated heterocycles. The number of fused-ring (bicyclic) bond motifs is 3. The van der Waals surface area contributed by atoms with Crippen molar-refractivity contribution in [2.24, 2.45) is 17.8 Å². The van der Waals surface area contributed by atoms with E-state index < -0.39 is 54.2 Å². The number of alkyl carbamates (subject to hydrolysis) is 1. The molecule has 1 aliphatic heterocycles. The van der Waals surface area contributed by atoms with Gasteiger partial charge in [0, 0.05) is 12.5 Å². The van der Waals surface area contributed by atoms with Crippen LogP contribution in [-0.4, -0.2) is 61.4 Å². The summed E-state index contributed by atoms with van der Waals surface area (Å²) in [6.07, 6.45) is -0.844. The molecule has 3 aliphatic rings. The fourth-order valence-electron chi connectivity index (χ4n) is 5.06. The summed E-state index contributed by atoms with van der Waals surface area (Å²) in [7, 11) is 0. The van der Waals surface area contributed by atoms with E-state index in [1.807, 2.05) is 48.5 Å². The van der Waals surface area contributed by atoms with Crippen molar-refractivity contribution in [1.29, 1.82) is 0 Å². The van der Waals surface area contributed by atoms with E-state index >= 15 is 0 Å². The van der Waals surface area contributed by atoms with Crippen molar-refractivity contribution >= 4 is 18.0 Å². The summed E-state index contributed by atoms with van der Waals surface area (Å²) in [5.74, 6) is -9.60. The maximum Gasteiger partial charge on any atom is 0.407 e. The lowest BCUT2D eigenvalue weighted by Crippen LogP contribution is -2.44. The van der Waals surface area contributed by atoms with Crippen LogP contribution in [0.1, 0.15) is 17.0 Å². The predicted molar refractivity (Wildman–Crippen MR) is 119 cm³/mol. The summed E-state index contributed by atoms with van der Waals surface area (Å²) < 4.78 is 38.9. The zero-order valence-corrected chi connectivity index (χ0v) is 18.6. The van der Waals surface area contributed by atoms with E-state index in [0.717, 1.165) is 22.3 Å². The van der Waals surface area contributed by atoms with Crippen LogP contribution in [0.25, 0.3) is 11.1 Å². The van der Waals surface area contributed by atoms with Crippen LogP contribution < -0.4 is 10.6 Å². The molecule has 2 fully saturated rings. The van der Waals surface area contributed by atoms with Crippen LogP contribution in [0, 0.1) is 17.8 Å². The van der Waals surface area contributed by atoms with Gasteiger partial charge in [-0.15, -0.1) is 0 Å². The summed E-state index contributed by atoms with van der Waals surface area (Å²) in [5.41, 5.74) is 4.20. The van der Waals surface area contributed by atoms with Gasteiger partial charge in [-0.1, -0.05) is 48.5 Å². The smallest absolute Gasteiger partial charge is 0.407 e. The molecule has 1 heterocycles. The van der Waals surface area contributed by atoms with Gasteiger partial charge in [0.25, 0.3) is 5.92 Å². The summed E-state index contributed by atoms with van der Waals surface area (Å²) in [5, 5.41) is 13.8. The van der Waals surface area contributed by atoms with E-state index in [4.69, 9.17) is 14.6 Å². The Labute approximate surface area is 199 Å². The average Bonchev–Trinajstić information content (AvgIpc) is 3.13. The first-order valence-electron chi connectivity index (χ1n) is 11.4. The molecule has 2 aromatic carbocycles. The Morgan fingerprint density at radius 3 is 2.29 bits per heavy atom. The third kappa shape index (κ3) is 4.22.